The smallest absolute Gasteiger partial charge is 0.242 e. The molecule has 0 saturated carbocycles. The van der Waals surface area contributed by atoms with Gasteiger partial charge in [0.15, 0.2) is 0 Å². The number of carbonyl (C=O) groups excluding carboxylic acids is 2. The molecule has 0 aliphatic rings. The number of nitrogens with zero attached hydrogens (tertiary/aromatic N) is 2. The number of carbonyl (C=O) groups is 2. The molecule has 10 heteroatoms. The van der Waals surface area contributed by atoms with Gasteiger partial charge in [0, 0.05) is 30.6 Å². The minimum Gasteiger partial charge on any atom is -0.495 e. The summed E-state index contributed by atoms with van der Waals surface area (Å²) in [6.45, 7) is 7.03. The molecule has 0 saturated heterocycles. The maximum Gasteiger partial charge on any atom is 0.242 e. The molecule has 0 spiro atoms. The van der Waals surface area contributed by atoms with E-state index in [-0.39, 0.29) is 43.3 Å². The fourth-order valence-electron chi connectivity index (χ4n) is 3.69. The normalized spacial score (nSPS) is 12.5. The summed E-state index contributed by atoms with van der Waals surface area (Å²) in [5, 5.41) is 2.86. The van der Waals surface area contributed by atoms with Gasteiger partial charge in [0.1, 0.15) is 17.6 Å². The summed E-state index contributed by atoms with van der Waals surface area (Å²) >= 11 is 0. The van der Waals surface area contributed by atoms with Gasteiger partial charge >= 0.3 is 0 Å². The molecule has 2 rings (SSSR count). The Morgan fingerprint density at radius 2 is 1.69 bits per heavy atom. The van der Waals surface area contributed by atoms with E-state index < -0.39 is 27.4 Å². The number of sulfonamides is 1. The fraction of sp³-hybridized carbons (Fsp3) is 0.462. The van der Waals surface area contributed by atoms with E-state index in [1.54, 1.807) is 49.4 Å². The van der Waals surface area contributed by atoms with Crippen LogP contribution in [0, 0.1) is 5.82 Å². The predicted octanol–water partition coefficient (Wildman–Crippen LogP) is 3.71. The van der Waals surface area contributed by atoms with Gasteiger partial charge in [0.25, 0.3) is 0 Å². The first-order valence-electron chi connectivity index (χ1n) is 11.7. The lowest BCUT2D eigenvalue weighted by atomic mass is 10.1. The molecule has 36 heavy (non-hydrogen) atoms. The van der Waals surface area contributed by atoms with Crippen molar-refractivity contribution in [2.45, 2.75) is 58.7 Å². The minimum atomic E-state index is -3.66. The van der Waals surface area contributed by atoms with Gasteiger partial charge in [-0.25, -0.2) is 12.8 Å². The van der Waals surface area contributed by atoms with Crippen molar-refractivity contribution < 1.29 is 27.1 Å². The van der Waals surface area contributed by atoms with Crippen LogP contribution in [0.3, 0.4) is 0 Å². The number of benzene rings is 2. The van der Waals surface area contributed by atoms with Crippen LogP contribution in [0.4, 0.5) is 10.1 Å². The van der Waals surface area contributed by atoms with Crippen LogP contribution in [-0.2, 0) is 26.2 Å². The molecule has 1 N–H and O–H groups in total. The summed E-state index contributed by atoms with van der Waals surface area (Å²) in [5.41, 5.74) is 0.145. The van der Waals surface area contributed by atoms with Crippen molar-refractivity contribution in [1.82, 2.24) is 10.2 Å². The van der Waals surface area contributed by atoms with Crippen molar-refractivity contribution in [1.29, 1.82) is 0 Å². The van der Waals surface area contributed by atoms with Crippen LogP contribution in [0.15, 0.2) is 48.5 Å². The number of ether oxygens (including phenoxy) is 1. The van der Waals surface area contributed by atoms with Crippen LogP contribution in [-0.4, -0.2) is 56.6 Å². The van der Waals surface area contributed by atoms with Gasteiger partial charge in [-0.1, -0.05) is 30.3 Å². The van der Waals surface area contributed by atoms with Gasteiger partial charge in [-0.05, 0) is 52.3 Å². The second kappa shape index (κ2) is 12.2. The Kier molecular flexibility index (Phi) is 9.86. The molecule has 8 nitrogen and oxygen atoms in total. The summed E-state index contributed by atoms with van der Waals surface area (Å²) in [5.74, 6) is -0.830. The van der Waals surface area contributed by atoms with Crippen molar-refractivity contribution in [3.63, 3.8) is 0 Å². The van der Waals surface area contributed by atoms with Gasteiger partial charge in [-0.15, -0.1) is 0 Å². The topological polar surface area (TPSA) is 96.0 Å². The van der Waals surface area contributed by atoms with Gasteiger partial charge < -0.3 is 15.0 Å². The molecule has 2 aromatic rings. The van der Waals surface area contributed by atoms with Gasteiger partial charge in [0.05, 0.1) is 19.1 Å². The van der Waals surface area contributed by atoms with E-state index in [2.05, 4.69) is 5.32 Å². The molecule has 198 valence electrons. The maximum absolute atomic E-state index is 14.4. The zero-order valence-corrected chi connectivity index (χ0v) is 22.6. The van der Waals surface area contributed by atoms with Crippen molar-refractivity contribution in [3.05, 3.63) is 59.9 Å². The standard InChI is InChI=1S/C26H36FN3O5S/c1-19(25(32)28-26(2,3)4)29(18-20-12-7-8-13-21(20)27)24(31)16-11-17-30(36(6,33)34)22-14-9-10-15-23(22)35-5/h7-10,12-15,19H,11,16-18H2,1-6H3,(H,28,32). The molecule has 2 aromatic carbocycles. The number of amides is 2. The number of nitrogens with one attached hydrogen (secondary N) is 1. The monoisotopic (exact) mass is 521 g/mol. The average molecular weight is 522 g/mol. The van der Waals surface area contributed by atoms with Gasteiger partial charge in [-0.2, -0.15) is 0 Å². The molecule has 0 aromatic heterocycles. The highest BCUT2D eigenvalue weighted by Gasteiger charge is 2.29. The van der Waals surface area contributed by atoms with Crippen LogP contribution in [0.1, 0.15) is 46.1 Å². The van der Waals surface area contributed by atoms with Crippen LogP contribution < -0.4 is 14.4 Å². The van der Waals surface area contributed by atoms with E-state index >= 15 is 0 Å². The zero-order chi connectivity index (χ0) is 27.1. The second-order valence-electron chi connectivity index (χ2n) is 9.64. The first-order valence-corrected chi connectivity index (χ1v) is 13.5. The largest absolute Gasteiger partial charge is 0.495 e. The fourth-order valence-corrected chi connectivity index (χ4v) is 4.65. The lowest BCUT2D eigenvalue weighted by Crippen LogP contribution is -2.52. The number of para-hydroxylation sites is 2. The number of hydrogen-bond acceptors (Lipinski definition) is 5. The Balaban J connectivity index is 2.23. The molecule has 1 unspecified atom stereocenters. The summed E-state index contributed by atoms with van der Waals surface area (Å²) < 4.78 is 45.9. The highest BCUT2D eigenvalue weighted by Crippen LogP contribution is 2.29. The van der Waals surface area contributed by atoms with E-state index in [0.29, 0.717) is 11.4 Å². The first kappa shape index (κ1) is 29.1. The molecular formula is C26H36FN3O5S. The summed E-state index contributed by atoms with van der Waals surface area (Å²) in [7, 11) is -2.21. The Labute approximate surface area is 213 Å². The molecular weight excluding hydrogens is 485 g/mol. The SMILES string of the molecule is COc1ccccc1N(CCCC(=O)N(Cc1ccccc1F)C(C)C(=O)NC(C)(C)C)S(C)(=O)=O. The van der Waals surface area contributed by atoms with Crippen molar-refractivity contribution >= 4 is 27.5 Å². The number of rotatable bonds is 11. The van der Waals surface area contributed by atoms with Gasteiger partial charge in [-0.3, -0.25) is 13.9 Å². The van der Waals surface area contributed by atoms with E-state index in [4.69, 9.17) is 4.74 Å². The lowest BCUT2D eigenvalue weighted by molar-refractivity contribution is -0.141. The average Bonchev–Trinajstić information content (AvgIpc) is 2.79. The van der Waals surface area contributed by atoms with Gasteiger partial charge in [0.2, 0.25) is 21.8 Å². The molecule has 1 atom stereocenters. The summed E-state index contributed by atoms with van der Waals surface area (Å²) in [4.78, 5) is 27.5. The third kappa shape index (κ3) is 8.22. The number of halogens is 1. The van der Waals surface area contributed by atoms with Crippen molar-refractivity contribution in [3.8, 4) is 5.75 Å². The van der Waals surface area contributed by atoms with Crippen LogP contribution >= 0.6 is 0 Å². The lowest BCUT2D eigenvalue weighted by Gasteiger charge is -2.32. The van der Waals surface area contributed by atoms with Crippen molar-refractivity contribution in [2.75, 3.05) is 24.2 Å². The Morgan fingerprint density at radius 3 is 2.28 bits per heavy atom. The number of hydrogen-bond donors (Lipinski definition) is 1. The van der Waals surface area contributed by atoms with Crippen molar-refractivity contribution in [2.24, 2.45) is 0 Å². The van der Waals surface area contributed by atoms with E-state index in [9.17, 15) is 22.4 Å². The molecule has 0 heterocycles. The Morgan fingerprint density at radius 1 is 1.08 bits per heavy atom. The van der Waals surface area contributed by atoms with E-state index in [0.717, 1.165) is 6.26 Å². The Bertz CT molecular complexity index is 1160. The molecule has 0 aliphatic heterocycles. The predicted molar refractivity (Wildman–Crippen MR) is 139 cm³/mol. The molecule has 0 bridgehead atoms. The van der Waals surface area contributed by atoms with Crippen LogP contribution in [0.25, 0.3) is 0 Å². The third-order valence-corrected chi connectivity index (χ3v) is 6.65. The van der Waals surface area contributed by atoms with Crippen LogP contribution in [0.5, 0.6) is 5.75 Å². The first-order chi connectivity index (χ1) is 16.7. The number of anilines is 1. The highest BCUT2D eigenvalue weighted by atomic mass is 32.2. The van der Waals surface area contributed by atoms with E-state index in [1.165, 1.54) is 22.4 Å². The molecule has 0 fully saturated rings. The molecule has 2 amide bonds. The quantitative estimate of drug-likeness (QED) is 0.486. The third-order valence-electron chi connectivity index (χ3n) is 5.47. The maximum atomic E-state index is 14.4. The van der Waals surface area contributed by atoms with E-state index in [1.807, 2.05) is 20.8 Å². The second-order valence-corrected chi connectivity index (χ2v) is 11.5. The zero-order valence-electron chi connectivity index (χ0n) is 21.7. The highest BCUT2D eigenvalue weighted by molar-refractivity contribution is 7.92. The number of methoxy groups -OCH3 is 1. The minimum absolute atomic E-state index is 0.0288. The molecule has 0 radical (unpaired) electrons. The summed E-state index contributed by atoms with van der Waals surface area (Å²) in [6.07, 6.45) is 1.23. The Hall–Kier alpha value is -3.14. The summed E-state index contributed by atoms with van der Waals surface area (Å²) in [6, 6.07) is 11.9. The van der Waals surface area contributed by atoms with Crippen LogP contribution in [0.2, 0.25) is 0 Å². The molecule has 0 aliphatic carbocycles.